The van der Waals surface area contributed by atoms with Crippen molar-refractivity contribution < 1.29 is 22.7 Å². The Bertz CT molecular complexity index is 965. The van der Waals surface area contributed by atoms with Gasteiger partial charge in [-0.15, -0.1) is 0 Å². The Hall–Kier alpha value is -2.45. The van der Waals surface area contributed by atoms with Crippen molar-refractivity contribution in [3.8, 4) is 11.5 Å². The topological polar surface area (TPSA) is 84.9 Å². The summed E-state index contributed by atoms with van der Waals surface area (Å²) >= 11 is 6.14. The molecule has 2 aromatic carbocycles. The lowest BCUT2D eigenvalue weighted by Crippen LogP contribution is -2.47. The number of anilines is 1. The second kappa shape index (κ2) is 9.84. The molecule has 7 nitrogen and oxygen atoms in total. The molecule has 158 valence electrons. The quantitative estimate of drug-likeness (QED) is 0.647. The van der Waals surface area contributed by atoms with Crippen LogP contribution in [0.2, 0.25) is 5.02 Å². The molecule has 0 fully saturated rings. The number of amides is 1. The summed E-state index contributed by atoms with van der Waals surface area (Å²) in [6, 6.07) is 10.9. The van der Waals surface area contributed by atoms with Crippen LogP contribution in [-0.2, 0) is 21.4 Å². The van der Waals surface area contributed by atoms with Crippen molar-refractivity contribution in [2.75, 3.05) is 24.3 Å². The minimum Gasteiger partial charge on any atom is -0.495 e. The first-order chi connectivity index (χ1) is 13.7. The highest BCUT2D eigenvalue weighted by Crippen LogP contribution is 2.31. The van der Waals surface area contributed by atoms with Gasteiger partial charge in [-0.3, -0.25) is 9.10 Å². The Morgan fingerprint density at radius 1 is 1.21 bits per heavy atom. The van der Waals surface area contributed by atoms with Gasteiger partial charge in [0, 0.05) is 12.1 Å². The number of methoxy groups -OCH3 is 1. The first kappa shape index (κ1) is 22.8. The first-order valence-electron chi connectivity index (χ1n) is 9.00. The minimum atomic E-state index is -3.75. The maximum absolute atomic E-state index is 12.7. The molecule has 1 amide bonds. The van der Waals surface area contributed by atoms with Crippen molar-refractivity contribution in [3.05, 3.63) is 53.1 Å². The van der Waals surface area contributed by atoms with Crippen molar-refractivity contribution in [3.63, 3.8) is 0 Å². The van der Waals surface area contributed by atoms with Crippen LogP contribution in [0.25, 0.3) is 0 Å². The third-order valence-electron chi connectivity index (χ3n) is 4.20. The molecule has 29 heavy (non-hydrogen) atoms. The lowest BCUT2D eigenvalue weighted by atomic mass is 10.2. The van der Waals surface area contributed by atoms with Gasteiger partial charge in [-0.05, 0) is 38.1 Å². The normalized spacial score (nSPS) is 12.2. The van der Waals surface area contributed by atoms with Gasteiger partial charge in [-0.1, -0.05) is 29.8 Å². The number of hydrogen-bond donors (Lipinski definition) is 1. The molecule has 0 aliphatic heterocycles. The monoisotopic (exact) mass is 440 g/mol. The molecule has 2 rings (SSSR count). The minimum absolute atomic E-state index is 0.209. The fourth-order valence-corrected chi connectivity index (χ4v) is 4.30. The molecular weight excluding hydrogens is 416 g/mol. The van der Waals surface area contributed by atoms with Crippen LogP contribution in [0.15, 0.2) is 42.5 Å². The average molecular weight is 441 g/mol. The fraction of sp³-hybridized carbons (Fsp3) is 0.350. The number of nitrogens with zero attached hydrogens (tertiary/aromatic N) is 1. The number of benzene rings is 2. The van der Waals surface area contributed by atoms with E-state index in [2.05, 4.69) is 5.32 Å². The molecular formula is C20H25ClN2O5S. The third kappa shape index (κ3) is 5.77. The summed E-state index contributed by atoms with van der Waals surface area (Å²) in [5, 5.41) is 3.02. The van der Waals surface area contributed by atoms with Crippen molar-refractivity contribution >= 4 is 33.2 Å². The van der Waals surface area contributed by atoms with Crippen LogP contribution < -0.4 is 19.1 Å². The lowest BCUT2D eigenvalue weighted by Gasteiger charge is -2.28. The van der Waals surface area contributed by atoms with E-state index in [1.807, 2.05) is 31.2 Å². The molecule has 0 saturated heterocycles. The Kier molecular flexibility index (Phi) is 7.75. The number of para-hydroxylation sites is 1. The average Bonchev–Trinajstić information content (AvgIpc) is 2.66. The first-order valence-corrected chi connectivity index (χ1v) is 11.2. The summed E-state index contributed by atoms with van der Waals surface area (Å²) in [4.78, 5) is 12.7. The molecule has 0 heterocycles. The maximum Gasteiger partial charge on any atom is 0.243 e. The number of carbonyl (C=O) groups excluding carboxylic acids is 1. The highest BCUT2D eigenvalue weighted by atomic mass is 35.5. The highest BCUT2D eigenvalue weighted by Gasteiger charge is 2.29. The molecule has 1 unspecified atom stereocenters. The fourth-order valence-electron chi connectivity index (χ4n) is 2.88. The van der Waals surface area contributed by atoms with Gasteiger partial charge in [-0.2, -0.15) is 0 Å². The SMILES string of the molecule is CCOc1ccccc1CNC(=O)C(C)N(c1ccc(OC)c(Cl)c1)S(C)(=O)=O. The molecule has 2 aromatic rings. The number of sulfonamides is 1. The van der Waals surface area contributed by atoms with Crippen molar-refractivity contribution in [1.82, 2.24) is 5.32 Å². The van der Waals surface area contributed by atoms with E-state index in [9.17, 15) is 13.2 Å². The number of halogens is 1. The summed E-state index contributed by atoms with van der Waals surface area (Å²) in [6.07, 6.45) is 1.04. The van der Waals surface area contributed by atoms with Gasteiger partial charge in [0.05, 0.1) is 30.7 Å². The zero-order valence-corrected chi connectivity index (χ0v) is 18.4. The summed E-state index contributed by atoms with van der Waals surface area (Å²) in [5.41, 5.74) is 1.07. The van der Waals surface area contributed by atoms with Gasteiger partial charge in [0.2, 0.25) is 15.9 Å². The molecule has 1 atom stereocenters. The van der Waals surface area contributed by atoms with Crippen LogP contribution in [0, 0.1) is 0 Å². The molecule has 9 heteroatoms. The van der Waals surface area contributed by atoms with Crippen LogP contribution in [0.3, 0.4) is 0 Å². The van der Waals surface area contributed by atoms with Gasteiger partial charge in [0.15, 0.2) is 0 Å². The van der Waals surface area contributed by atoms with E-state index in [0.29, 0.717) is 18.1 Å². The summed E-state index contributed by atoms with van der Waals surface area (Å²) in [7, 11) is -2.29. The second-order valence-electron chi connectivity index (χ2n) is 6.31. The third-order valence-corrected chi connectivity index (χ3v) is 5.74. The standard InChI is InChI=1S/C20H25ClN2O5S/c1-5-28-18-9-7-6-8-15(18)13-22-20(24)14(2)23(29(4,25)26)16-10-11-19(27-3)17(21)12-16/h6-12,14H,5,13H2,1-4H3,(H,22,24). The number of hydrogen-bond acceptors (Lipinski definition) is 5. The lowest BCUT2D eigenvalue weighted by molar-refractivity contribution is -0.122. The van der Waals surface area contributed by atoms with E-state index in [1.165, 1.54) is 20.1 Å². The number of carbonyl (C=O) groups is 1. The maximum atomic E-state index is 12.7. The van der Waals surface area contributed by atoms with Crippen LogP contribution >= 0.6 is 11.6 Å². The van der Waals surface area contributed by atoms with E-state index in [0.717, 1.165) is 16.1 Å². The molecule has 0 radical (unpaired) electrons. The smallest absolute Gasteiger partial charge is 0.243 e. The van der Waals surface area contributed by atoms with Gasteiger partial charge < -0.3 is 14.8 Å². The molecule has 1 N–H and O–H groups in total. The van der Waals surface area contributed by atoms with E-state index in [4.69, 9.17) is 21.1 Å². The van der Waals surface area contributed by atoms with Crippen LogP contribution in [0.1, 0.15) is 19.4 Å². The molecule has 0 saturated carbocycles. The number of ether oxygens (including phenoxy) is 2. The summed E-state index contributed by atoms with van der Waals surface area (Å²) in [6.45, 7) is 4.10. The van der Waals surface area contributed by atoms with Crippen LogP contribution in [0.4, 0.5) is 5.69 Å². The Morgan fingerprint density at radius 2 is 1.90 bits per heavy atom. The van der Waals surface area contributed by atoms with Gasteiger partial charge >= 0.3 is 0 Å². The summed E-state index contributed by atoms with van der Waals surface area (Å²) < 4.78 is 36.5. The molecule has 0 aliphatic carbocycles. The van der Waals surface area contributed by atoms with Gasteiger partial charge in [0.25, 0.3) is 0 Å². The van der Waals surface area contributed by atoms with E-state index in [1.54, 1.807) is 12.1 Å². The van der Waals surface area contributed by atoms with Gasteiger partial charge in [-0.25, -0.2) is 8.42 Å². The van der Waals surface area contributed by atoms with E-state index in [-0.39, 0.29) is 17.3 Å². The van der Waals surface area contributed by atoms with Crippen molar-refractivity contribution in [2.24, 2.45) is 0 Å². The number of nitrogens with one attached hydrogen (secondary N) is 1. The highest BCUT2D eigenvalue weighted by molar-refractivity contribution is 7.92. The molecule has 0 aliphatic rings. The molecule has 0 aromatic heterocycles. The van der Waals surface area contributed by atoms with Gasteiger partial charge in [0.1, 0.15) is 17.5 Å². The second-order valence-corrected chi connectivity index (χ2v) is 8.58. The van der Waals surface area contributed by atoms with Crippen LogP contribution in [-0.4, -0.2) is 40.3 Å². The Labute approximate surface area is 176 Å². The zero-order chi connectivity index (χ0) is 21.6. The number of rotatable bonds is 9. The zero-order valence-electron chi connectivity index (χ0n) is 16.8. The molecule has 0 spiro atoms. The van der Waals surface area contributed by atoms with Crippen molar-refractivity contribution in [2.45, 2.75) is 26.4 Å². The van der Waals surface area contributed by atoms with E-state index < -0.39 is 22.0 Å². The predicted octanol–water partition coefficient (Wildman–Crippen LogP) is 3.22. The Balaban J connectivity index is 2.23. The predicted molar refractivity (Wildman–Crippen MR) is 114 cm³/mol. The largest absolute Gasteiger partial charge is 0.495 e. The Morgan fingerprint density at radius 3 is 2.48 bits per heavy atom. The molecule has 0 bridgehead atoms. The van der Waals surface area contributed by atoms with Crippen LogP contribution in [0.5, 0.6) is 11.5 Å². The van der Waals surface area contributed by atoms with E-state index >= 15 is 0 Å². The van der Waals surface area contributed by atoms with Crippen molar-refractivity contribution in [1.29, 1.82) is 0 Å². The summed E-state index contributed by atoms with van der Waals surface area (Å²) in [5.74, 6) is 0.632.